The molecule has 1 atom stereocenters. The van der Waals surface area contributed by atoms with Gasteiger partial charge in [0.1, 0.15) is 6.04 Å². The van der Waals surface area contributed by atoms with Crippen LogP contribution in [0.4, 0.5) is 0 Å². The molecule has 0 unspecified atom stereocenters. The van der Waals surface area contributed by atoms with E-state index in [1.807, 2.05) is 6.07 Å². The molecule has 0 aliphatic carbocycles. The Morgan fingerprint density at radius 1 is 1.42 bits per heavy atom. The molecule has 1 aromatic carbocycles. The van der Waals surface area contributed by atoms with E-state index in [1.165, 1.54) is 4.90 Å². The first-order valence-electron chi connectivity index (χ1n) is 6.14. The highest BCUT2D eigenvalue weighted by Crippen LogP contribution is 2.23. The lowest BCUT2D eigenvalue weighted by Gasteiger charge is -2.21. The molecule has 1 aromatic heterocycles. The molecule has 6 nitrogen and oxygen atoms in total. The molecule has 0 saturated carbocycles. The number of carbonyl (C=O) groups excluding carboxylic acids is 1. The van der Waals surface area contributed by atoms with E-state index < -0.39 is 12.0 Å². The number of H-pyrrole nitrogens is 1. The summed E-state index contributed by atoms with van der Waals surface area (Å²) >= 11 is 0. The number of likely N-dealkylation sites (tertiary alicyclic amines) is 1. The highest BCUT2D eigenvalue weighted by Gasteiger charge is 2.35. The minimum absolute atomic E-state index is 0.250. The largest absolute Gasteiger partial charge is 0.480 e. The van der Waals surface area contributed by atoms with Crippen LogP contribution in [0.15, 0.2) is 24.4 Å². The number of carboxylic acids is 1. The van der Waals surface area contributed by atoms with Crippen LogP contribution in [-0.4, -0.2) is 44.7 Å². The maximum absolute atomic E-state index is 12.5. The predicted molar refractivity (Wildman–Crippen MR) is 67.8 cm³/mol. The number of rotatable bonds is 2. The van der Waals surface area contributed by atoms with Crippen molar-refractivity contribution in [3.05, 3.63) is 30.0 Å². The molecular formula is C13H13N3O3. The zero-order valence-corrected chi connectivity index (χ0v) is 10.2. The number of para-hydroxylation sites is 1. The standard InChI is InChI=1S/C13H13N3O3/c17-12(16-6-2-5-10(16)13(18)19)9-4-1-3-8-7-14-15-11(8)9/h1,3-4,7,10H,2,5-6H2,(H,14,15)(H,18,19)/t10-/m1/s1. The second kappa shape index (κ2) is 4.38. The minimum Gasteiger partial charge on any atom is -0.480 e. The number of nitrogens with one attached hydrogen (secondary N) is 1. The van der Waals surface area contributed by atoms with Gasteiger partial charge in [-0.15, -0.1) is 0 Å². The third kappa shape index (κ3) is 1.85. The summed E-state index contributed by atoms with van der Waals surface area (Å²) < 4.78 is 0. The number of aromatic amines is 1. The van der Waals surface area contributed by atoms with Crippen molar-refractivity contribution in [2.75, 3.05) is 6.54 Å². The van der Waals surface area contributed by atoms with E-state index in [2.05, 4.69) is 10.2 Å². The van der Waals surface area contributed by atoms with Gasteiger partial charge in [-0.2, -0.15) is 5.10 Å². The molecule has 0 spiro atoms. The Kier molecular flexibility index (Phi) is 2.70. The Morgan fingerprint density at radius 2 is 2.26 bits per heavy atom. The topological polar surface area (TPSA) is 86.3 Å². The van der Waals surface area contributed by atoms with Crippen molar-refractivity contribution in [3.8, 4) is 0 Å². The van der Waals surface area contributed by atoms with Gasteiger partial charge in [0, 0.05) is 11.9 Å². The van der Waals surface area contributed by atoms with Crippen molar-refractivity contribution in [1.82, 2.24) is 15.1 Å². The Hall–Kier alpha value is -2.37. The molecule has 1 aliphatic heterocycles. The molecule has 1 aliphatic rings. The highest BCUT2D eigenvalue weighted by molar-refractivity contribution is 6.06. The number of carboxylic acid groups (broad SMARTS) is 1. The Morgan fingerprint density at radius 3 is 3.05 bits per heavy atom. The minimum atomic E-state index is -0.942. The highest BCUT2D eigenvalue weighted by atomic mass is 16.4. The van der Waals surface area contributed by atoms with Crippen LogP contribution in [-0.2, 0) is 4.79 Å². The van der Waals surface area contributed by atoms with Crippen LogP contribution >= 0.6 is 0 Å². The van der Waals surface area contributed by atoms with E-state index in [0.29, 0.717) is 24.0 Å². The zero-order chi connectivity index (χ0) is 13.4. The molecule has 19 heavy (non-hydrogen) atoms. The lowest BCUT2D eigenvalue weighted by atomic mass is 10.1. The average Bonchev–Trinajstić information content (AvgIpc) is 3.05. The van der Waals surface area contributed by atoms with Gasteiger partial charge >= 0.3 is 5.97 Å². The summed E-state index contributed by atoms with van der Waals surface area (Å²) in [6.45, 7) is 0.486. The number of carbonyl (C=O) groups is 2. The van der Waals surface area contributed by atoms with Crippen LogP contribution in [0.5, 0.6) is 0 Å². The van der Waals surface area contributed by atoms with Crippen molar-refractivity contribution < 1.29 is 14.7 Å². The van der Waals surface area contributed by atoms with Crippen LogP contribution in [0, 0.1) is 0 Å². The van der Waals surface area contributed by atoms with Gasteiger partial charge in [-0.05, 0) is 18.9 Å². The van der Waals surface area contributed by atoms with Gasteiger partial charge in [-0.3, -0.25) is 9.89 Å². The van der Waals surface area contributed by atoms with Gasteiger partial charge in [0.05, 0.1) is 17.3 Å². The molecule has 0 bridgehead atoms. The molecule has 3 rings (SSSR count). The summed E-state index contributed by atoms with van der Waals surface area (Å²) in [6.07, 6.45) is 2.88. The summed E-state index contributed by atoms with van der Waals surface area (Å²) in [5.74, 6) is -1.19. The summed E-state index contributed by atoms with van der Waals surface area (Å²) in [6, 6.07) is 4.61. The Balaban J connectivity index is 2.00. The monoisotopic (exact) mass is 259 g/mol. The predicted octanol–water partition coefficient (Wildman–Crippen LogP) is 1.25. The summed E-state index contributed by atoms with van der Waals surface area (Å²) in [4.78, 5) is 25.1. The summed E-state index contributed by atoms with van der Waals surface area (Å²) in [5.41, 5.74) is 1.13. The van der Waals surface area contributed by atoms with Gasteiger partial charge in [0.15, 0.2) is 0 Å². The Labute approximate surface area is 109 Å². The van der Waals surface area contributed by atoms with Gasteiger partial charge < -0.3 is 10.0 Å². The number of aromatic nitrogens is 2. The van der Waals surface area contributed by atoms with Crippen molar-refractivity contribution in [2.45, 2.75) is 18.9 Å². The maximum Gasteiger partial charge on any atom is 0.326 e. The van der Waals surface area contributed by atoms with Gasteiger partial charge in [0.25, 0.3) is 5.91 Å². The number of fused-ring (bicyclic) bond motifs is 1. The molecule has 1 saturated heterocycles. The van der Waals surface area contributed by atoms with Crippen LogP contribution in [0.3, 0.4) is 0 Å². The molecule has 2 aromatic rings. The summed E-state index contributed by atoms with van der Waals surface area (Å²) in [5, 5.41) is 16.7. The molecule has 0 radical (unpaired) electrons. The lowest BCUT2D eigenvalue weighted by molar-refractivity contribution is -0.141. The van der Waals surface area contributed by atoms with E-state index >= 15 is 0 Å². The Bertz CT molecular complexity index is 649. The van der Waals surface area contributed by atoms with E-state index in [1.54, 1.807) is 18.3 Å². The number of hydrogen-bond acceptors (Lipinski definition) is 3. The first-order valence-corrected chi connectivity index (χ1v) is 6.14. The third-order valence-electron chi connectivity index (χ3n) is 3.51. The smallest absolute Gasteiger partial charge is 0.326 e. The van der Waals surface area contributed by atoms with Gasteiger partial charge in [-0.25, -0.2) is 4.79 Å². The van der Waals surface area contributed by atoms with Gasteiger partial charge in [-0.1, -0.05) is 12.1 Å². The molecular weight excluding hydrogens is 246 g/mol. The number of hydrogen-bond donors (Lipinski definition) is 2. The van der Waals surface area contributed by atoms with E-state index in [9.17, 15) is 9.59 Å². The van der Waals surface area contributed by atoms with Gasteiger partial charge in [0.2, 0.25) is 0 Å². The van der Waals surface area contributed by atoms with Crippen LogP contribution < -0.4 is 0 Å². The van der Waals surface area contributed by atoms with Crippen molar-refractivity contribution in [1.29, 1.82) is 0 Å². The SMILES string of the molecule is O=C(O)[C@H]1CCCN1C(=O)c1cccc2cn[nH]c12. The molecule has 1 fully saturated rings. The fourth-order valence-corrected chi connectivity index (χ4v) is 2.57. The lowest BCUT2D eigenvalue weighted by Crippen LogP contribution is -2.40. The van der Waals surface area contributed by atoms with Crippen molar-refractivity contribution >= 4 is 22.8 Å². The number of benzene rings is 1. The van der Waals surface area contributed by atoms with E-state index in [-0.39, 0.29) is 5.91 Å². The quantitative estimate of drug-likeness (QED) is 0.849. The third-order valence-corrected chi connectivity index (χ3v) is 3.51. The molecule has 1 amide bonds. The second-order valence-electron chi connectivity index (χ2n) is 4.63. The molecule has 2 N–H and O–H groups in total. The summed E-state index contributed by atoms with van der Waals surface area (Å²) in [7, 11) is 0. The maximum atomic E-state index is 12.5. The van der Waals surface area contributed by atoms with Crippen LogP contribution in [0.25, 0.3) is 10.9 Å². The second-order valence-corrected chi connectivity index (χ2v) is 4.63. The number of amides is 1. The van der Waals surface area contributed by atoms with Crippen LogP contribution in [0.2, 0.25) is 0 Å². The van der Waals surface area contributed by atoms with E-state index in [0.717, 1.165) is 11.8 Å². The van der Waals surface area contributed by atoms with Crippen molar-refractivity contribution in [2.24, 2.45) is 0 Å². The van der Waals surface area contributed by atoms with Crippen molar-refractivity contribution in [3.63, 3.8) is 0 Å². The number of aliphatic carboxylic acids is 1. The number of nitrogens with zero attached hydrogens (tertiary/aromatic N) is 2. The molecule has 98 valence electrons. The molecule has 2 heterocycles. The zero-order valence-electron chi connectivity index (χ0n) is 10.2. The first kappa shape index (κ1) is 11.7. The van der Waals surface area contributed by atoms with Crippen LogP contribution in [0.1, 0.15) is 23.2 Å². The normalized spacial score (nSPS) is 18.9. The fraction of sp³-hybridized carbons (Fsp3) is 0.308. The van der Waals surface area contributed by atoms with E-state index in [4.69, 9.17) is 5.11 Å². The first-order chi connectivity index (χ1) is 9.18. The average molecular weight is 259 g/mol. The fourth-order valence-electron chi connectivity index (χ4n) is 2.57. The molecule has 6 heteroatoms.